The van der Waals surface area contributed by atoms with E-state index >= 15 is 0 Å². The van der Waals surface area contributed by atoms with Crippen molar-refractivity contribution in [3.8, 4) is 0 Å². The molecule has 0 aliphatic rings. The Morgan fingerprint density at radius 1 is 1.33 bits per heavy atom. The van der Waals surface area contributed by atoms with Gasteiger partial charge in [0.15, 0.2) is 0 Å². The lowest BCUT2D eigenvalue weighted by molar-refractivity contribution is -0.137. The van der Waals surface area contributed by atoms with Crippen molar-refractivity contribution in [2.45, 2.75) is 12.5 Å². The molecule has 0 spiro atoms. The van der Waals surface area contributed by atoms with Crippen LogP contribution in [0.3, 0.4) is 0 Å². The van der Waals surface area contributed by atoms with Crippen LogP contribution in [0.15, 0.2) is 35.7 Å². The quantitative estimate of drug-likeness (QED) is 0.883. The van der Waals surface area contributed by atoms with Crippen LogP contribution in [0.5, 0.6) is 0 Å². The highest BCUT2D eigenvalue weighted by Crippen LogP contribution is 2.24. The van der Waals surface area contributed by atoms with E-state index in [1.54, 1.807) is 17.5 Å². The van der Waals surface area contributed by atoms with Crippen LogP contribution in [-0.2, 0) is 4.79 Å². The molecule has 1 atom stereocenters. The molecule has 0 aliphatic carbocycles. The number of thiophene rings is 1. The minimum Gasteiger partial charge on any atom is -0.481 e. The highest BCUT2D eigenvalue weighted by Gasteiger charge is 2.22. The van der Waals surface area contributed by atoms with E-state index in [0.717, 1.165) is 6.07 Å². The Labute approximate surface area is 129 Å². The van der Waals surface area contributed by atoms with E-state index in [0.29, 0.717) is 4.88 Å². The van der Waals surface area contributed by atoms with E-state index in [9.17, 15) is 14.0 Å². The summed E-state index contributed by atoms with van der Waals surface area (Å²) in [6, 6.07) is 6.64. The van der Waals surface area contributed by atoms with Crippen LogP contribution >= 0.6 is 22.9 Å². The van der Waals surface area contributed by atoms with Gasteiger partial charge in [0.2, 0.25) is 0 Å². The van der Waals surface area contributed by atoms with Crippen LogP contribution in [0.1, 0.15) is 27.7 Å². The van der Waals surface area contributed by atoms with Crippen molar-refractivity contribution in [1.82, 2.24) is 5.32 Å². The summed E-state index contributed by atoms with van der Waals surface area (Å²) < 4.78 is 13.7. The van der Waals surface area contributed by atoms with Gasteiger partial charge in [0.1, 0.15) is 5.82 Å². The summed E-state index contributed by atoms with van der Waals surface area (Å²) in [4.78, 5) is 23.7. The average molecular weight is 328 g/mol. The van der Waals surface area contributed by atoms with Crippen molar-refractivity contribution < 1.29 is 19.1 Å². The van der Waals surface area contributed by atoms with Gasteiger partial charge in [-0.05, 0) is 23.6 Å². The number of nitrogens with one attached hydrogen (secondary N) is 1. The summed E-state index contributed by atoms with van der Waals surface area (Å²) in [5, 5.41) is 13.2. The third kappa shape index (κ3) is 3.80. The first kappa shape index (κ1) is 15.5. The molecule has 0 saturated carbocycles. The molecule has 0 fully saturated rings. The molecule has 0 aliphatic heterocycles. The van der Waals surface area contributed by atoms with E-state index in [2.05, 4.69) is 5.32 Å². The summed E-state index contributed by atoms with van der Waals surface area (Å²) in [6.45, 7) is 0. The number of amides is 1. The van der Waals surface area contributed by atoms with Crippen molar-refractivity contribution in [2.24, 2.45) is 0 Å². The Hall–Kier alpha value is -1.92. The number of hydrogen-bond donors (Lipinski definition) is 2. The third-order valence-corrected chi connectivity index (χ3v) is 4.06. The highest BCUT2D eigenvalue weighted by molar-refractivity contribution is 7.10. The van der Waals surface area contributed by atoms with E-state index in [4.69, 9.17) is 16.7 Å². The fraction of sp³-hybridized carbons (Fsp3) is 0.143. The summed E-state index contributed by atoms with van der Waals surface area (Å²) in [5.74, 6) is -2.55. The van der Waals surface area contributed by atoms with Gasteiger partial charge in [0.25, 0.3) is 5.91 Å². The van der Waals surface area contributed by atoms with E-state index in [1.165, 1.54) is 23.5 Å². The van der Waals surface area contributed by atoms with E-state index in [-0.39, 0.29) is 17.0 Å². The standard InChI is InChI=1S/C14H11ClFNO3S/c15-8-3-1-4-9(16)13(8)14(20)17-10(7-12(18)19)11-5-2-6-21-11/h1-6,10H,7H2,(H,17,20)(H,18,19)/t10-/m1/s1. The maximum Gasteiger partial charge on any atom is 0.305 e. The van der Waals surface area contributed by atoms with Crippen molar-refractivity contribution >= 4 is 34.8 Å². The number of carbonyl (C=O) groups excluding carboxylic acids is 1. The van der Waals surface area contributed by atoms with Gasteiger partial charge in [0, 0.05) is 4.88 Å². The molecule has 2 rings (SSSR count). The molecule has 1 amide bonds. The van der Waals surface area contributed by atoms with Gasteiger partial charge in [-0.1, -0.05) is 23.7 Å². The molecule has 7 heteroatoms. The maximum atomic E-state index is 13.7. The molecule has 0 saturated heterocycles. The van der Waals surface area contributed by atoms with Crippen molar-refractivity contribution in [2.75, 3.05) is 0 Å². The lowest BCUT2D eigenvalue weighted by Gasteiger charge is -2.16. The Bertz CT molecular complexity index is 640. The molecule has 21 heavy (non-hydrogen) atoms. The maximum absolute atomic E-state index is 13.7. The zero-order valence-corrected chi connectivity index (χ0v) is 12.2. The third-order valence-electron chi connectivity index (χ3n) is 2.76. The van der Waals surface area contributed by atoms with E-state index in [1.807, 2.05) is 0 Å². The summed E-state index contributed by atoms with van der Waals surface area (Å²) in [7, 11) is 0. The van der Waals surface area contributed by atoms with Crippen molar-refractivity contribution in [3.05, 3.63) is 57.0 Å². The second kappa shape index (κ2) is 6.69. The first-order valence-electron chi connectivity index (χ1n) is 5.99. The highest BCUT2D eigenvalue weighted by atomic mass is 35.5. The molecule has 1 aromatic heterocycles. The molecule has 2 N–H and O–H groups in total. The van der Waals surface area contributed by atoms with Gasteiger partial charge < -0.3 is 10.4 Å². The molecule has 0 bridgehead atoms. The lowest BCUT2D eigenvalue weighted by Crippen LogP contribution is -2.30. The molecule has 4 nitrogen and oxygen atoms in total. The fourth-order valence-electron chi connectivity index (χ4n) is 1.83. The Balaban J connectivity index is 2.24. The second-order valence-corrected chi connectivity index (χ2v) is 5.62. The van der Waals surface area contributed by atoms with Gasteiger partial charge in [-0.15, -0.1) is 11.3 Å². The molecule has 2 aromatic rings. The largest absolute Gasteiger partial charge is 0.481 e. The molecule has 1 heterocycles. The molecule has 1 aromatic carbocycles. The van der Waals surface area contributed by atoms with Crippen LogP contribution in [0, 0.1) is 5.82 Å². The lowest BCUT2D eigenvalue weighted by atomic mass is 10.1. The van der Waals surface area contributed by atoms with Crippen LogP contribution in [0.25, 0.3) is 0 Å². The molecule has 0 radical (unpaired) electrons. The van der Waals surface area contributed by atoms with E-state index < -0.39 is 23.7 Å². The average Bonchev–Trinajstić information content (AvgIpc) is 2.90. The van der Waals surface area contributed by atoms with Gasteiger partial charge >= 0.3 is 5.97 Å². The number of benzene rings is 1. The molecular formula is C14H11ClFNO3S. The fourth-order valence-corrected chi connectivity index (χ4v) is 2.86. The summed E-state index contributed by atoms with van der Waals surface area (Å²) in [5.41, 5.74) is -0.286. The van der Waals surface area contributed by atoms with Gasteiger partial charge in [-0.25, -0.2) is 4.39 Å². The Kier molecular flexibility index (Phi) is 4.93. The van der Waals surface area contributed by atoms with Crippen LogP contribution in [-0.4, -0.2) is 17.0 Å². The summed E-state index contributed by atoms with van der Waals surface area (Å²) in [6.07, 6.45) is -0.293. The number of aliphatic carboxylic acids is 1. The van der Waals surface area contributed by atoms with Crippen LogP contribution in [0.4, 0.5) is 4.39 Å². The normalized spacial score (nSPS) is 11.9. The molecular weight excluding hydrogens is 317 g/mol. The Morgan fingerprint density at radius 3 is 2.67 bits per heavy atom. The number of hydrogen-bond acceptors (Lipinski definition) is 3. The van der Waals surface area contributed by atoms with Crippen LogP contribution < -0.4 is 5.32 Å². The van der Waals surface area contributed by atoms with Crippen molar-refractivity contribution in [3.63, 3.8) is 0 Å². The zero-order valence-electron chi connectivity index (χ0n) is 10.7. The monoisotopic (exact) mass is 327 g/mol. The van der Waals surface area contributed by atoms with Gasteiger partial charge in [-0.3, -0.25) is 9.59 Å². The zero-order chi connectivity index (χ0) is 15.4. The number of carboxylic acids is 1. The number of carboxylic acid groups (broad SMARTS) is 1. The summed E-state index contributed by atoms with van der Waals surface area (Å²) >= 11 is 7.14. The van der Waals surface area contributed by atoms with Crippen LogP contribution in [0.2, 0.25) is 5.02 Å². The first-order chi connectivity index (χ1) is 9.99. The molecule has 0 unspecified atom stereocenters. The molecule has 110 valence electrons. The predicted octanol–water partition coefficient (Wildman–Crippen LogP) is 3.49. The Morgan fingerprint density at radius 2 is 2.10 bits per heavy atom. The minimum atomic E-state index is -1.06. The number of rotatable bonds is 5. The van der Waals surface area contributed by atoms with Crippen molar-refractivity contribution in [1.29, 1.82) is 0 Å². The first-order valence-corrected chi connectivity index (χ1v) is 7.25. The second-order valence-electron chi connectivity index (χ2n) is 4.24. The van der Waals surface area contributed by atoms with Gasteiger partial charge in [-0.2, -0.15) is 0 Å². The minimum absolute atomic E-state index is 0.0206. The van der Waals surface area contributed by atoms with Gasteiger partial charge in [0.05, 0.1) is 23.0 Å². The SMILES string of the molecule is O=C(O)C[C@@H](NC(=O)c1c(F)cccc1Cl)c1cccs1. The number of halogens is 2. The number of carbonyl (C=O) groups is 2. The predicted molar refractivity (Wildman–Crippen MR) is 78.2 cm³/mol. The topological polar surface area (TPSA) is 66.4 Å². The smallest absolute Gasteiger partial charge is 0.305 e.